The molecule has 0 unspecified atom stereocenters. The Labute approximate surface area is 70.7 Å². The van der Waals surface area contributed by atoms with Gasteiger partial charge in [0.05, 0.1) is 0 Å². The lowest BCUT2D eigenvalue weighted by Gasteiger charge is -2.08. The van der Waals surface area contributed by atoms with Gasteiger partial charge in [0.1, 0.15) is 5.69 Å². The first-order chi connectivity index (χ1) is 5.70. The normalized spacial score (nSPS) is 9.92. The van der Waals surface area contributed by atoms with Gasteiger partial charge in [-0.2, -0.15) is 0 Å². The average Bonchev–Trinajstić information content (AvgIpc) is 2.05. The van der Waals surface area contributed by atoms with Gasteiger partial charge in [-0.3, -0.25) is 0 Å². The molecule has 1 rings (SSSR count). The Balaban J connectivity index is 2.66. The van der Waals surface area contributed by atoms with Gasteiger partial charge in [0.25, 0.3) is 0 Å². The van der Waals surface area contributed by atoms with E-state index in [0.29, 0.717) is 5.69 Å². The van der Waals surface area contributed by atoms with Crippen LogP contribution >= 0.6 is 0 Å². The van der Waals surface area contributed by atoms with Crippen LogP contribution in [-0.2, 0) is 4.84 Å². The fraction of sp³-hybridized carbons (Fsp3) is 0.250. The van der Waals surface area contributed by atoms with E-state index in [1.54, 1.807) is 38.5 Å². The number of rotatable bonds is 2. The van der Waals surface area contributed by atoms with Crippen molar-refractivity contribution in [1.29, 1.82) is 0 Å². The van der Waals surface area contributed by atoms with E-state index in [0.717, 1.165) is 0 Å². The molecule has 0 amide bonds. The average molecular weight is 166 g/mol. The molecule has 0 radical (unpaired) electrons. The van der Waals surface area contributed by atoms with Crippen molar-refractivity contribution < 1.29 is 9.63 Å². The monoisotopic (exact) mass is 166 g/mol. The topological polar surface area (TPSA) is 42.4 Å². The van der Waals surface area contributed by atoms with Gasteiger partial charge in [0.15, 0.2) is 0 Å². The van der Waals surface area contributed by atoms with E-state index in [-0.39, 0.29) is 0 Å². The first-order valence-corrected chi connectivity index (χ1v) is 3.51. The highest BCUT2D eigenvalue weighted by atomic mass is 16.7. The summed E-state index contributed by atoms with van der Waals surface area (Å²) in [5, 5.41) is 1.33. The molecule has 0 bridgehead atoms. The van der Waals surface area contributed by atoms with Crippen LogP contribution in [0.1, 0.15) is 10.5 Å². The molecule has 1 heterocycles. The lowest BCUT2D eigenvalue weighted by atomic mass is 10.4. The Morgan fingerprint density at radius 3 is 2.75 bits per heavy atom. The maximum atomic E-state index is 11.1. The molecule has 4 nitrogen and oxygen atoms in total. The molecular weight excluding hydrogens is 156 g/mol. The van der Waals surface area contributed by atoms with Crippen molar-refractivity contribution in [2.45, 2.75) is 0 Å². The molecule has 1 aromatic heterocycles. The summed E-state index contributed by atoms with van der Waals surface area (Å²) in [7, 11) is 3.28. The predicted octanol–water partition coefficient (Wildman–Crippen LogP) is 0.715. The molecular formula is C8H10N2O2. The molecule has 0 fully saturated rings. The lowest BCUT2D eigenvalue weighted by Crippen LogP contribution is -2.19. The van der Waals surface area contributed by atoms with E-state index in [4.69, 9.17) is 4.84 Å². The zero-order valence-electron chi connectivity index (χ0n) is 7.02. The van der Waals surface area contributed by atoms with Gasteiger partial charge < -0.3 is 4.84 Å². The Hall–Kier alpha value is -1.42. The number of nitrogens with zero attached hydrogens (tertiary/aromatic N) is 2. The third-order valence-corrected chi connectivity index (χ3v) is 1.14. The smallest absolute Gasteiger partial charge is 0.363 e. The molecule has 0 saturated carbocycles. The number of hydrogen-bond acceptors (Lipinski definition) is 4. The van der Waals surface area contributed by atoms with Crippen molar-refractivity contribution in [2.75, 3.05) is 14.1 Å². The lowest BCUT2D eigenvalue weighted by molar-refractivity contribution is -0.0718. The SMILES string of the molecule is CN(C)OC(=O)c1ccccn1. The summed E-state index contributed by atoms with van der Waals surface area (Å²) in [6.07, 6.45) is 1.55. The van der Waals surface area contributed by atoms with Crippen molar-refractivity contribution in [1.82, 2.24) is 10.0 Å². The van der Waals surface area contributed by atoms with E-state index in [9.17, 15) is 4.79 Å². The maximum absolute atomic E-state index is 11.1. The van der Waals surface area contributed by atoms with Gasteiger partial charge in [0.2, 0.25) is 0 Å². The van der Waals surface area contributed by atoms with E-state index in [2.05, 4.69) is 4.98 Å². The molecule has 0 aliphatic heterocycles. The number of hydrogen-bond donors (Lipinski definition) is 0. The van der Waals surface area contributed by atoms with Gasteiger partial charge in [-0.15, -0.1) is 5.06 Å². The summed E-state index contributed by atoms with van der Waals surface area (Å²) in [4.78, 5) is 19.7. The fourth-order valence-corrected chi connectivity index (χ4v) is 0.696. The second kappa shape index (κ2) is 3.82. The second-order valence-corrected chi connectivity index (χ2v) is 2.41. The summed E-state index contributed by atoms with van der Waals surface area (Å²) in [5.74, 6) is -0.444. The first-order valence-electron chi connectivity index (χ1n) is 3.51. The number of carbonyl (C=O) groups excluding carboxylic acids is 1. The standard InChI is InChI=1S/C8H10N2O2/c1-10(2)12-8(11)7-5-3-4-6-9-7/h3-6H,1-2H3. The quantitative estimate of drug-likeness (QED) is 0.607. The van der Waals surface area contributed by atoms with Crippen molar-refractivity contribution in [2.24, 2.45) is 0 Å². The van der Waals surface area contributed by atoms with Crippen LogP contribution in [0, 0.1) is 0 Å². The third kappa shape index (κ3) is 2.32. The Kier molecular flexibility index (Phi) is 2.76. The Morgan fingerprint density at radius 1 is 1.50 bits per heavy atom. The van der Waals surface area contributed by atoms with Gasteiger partial charge in [-0.25, -0.2) is 9.78 Å². The van der Waals surface area contributed by atoms with Crippen LogP contribution < -0.4 is 0 Å². The summed E-state index contributed by atoms with van der Waals surface area (Å²) in [5.41, 5.74) is 0.311. The highest BCUT2D eigenvalue weighted by molar-refractivity contribution is 5.86. The van der Waals surface area contributed by atoms with Crippen LogP contribution in [0.2, 0.25) is 0 Å². The van der Waals surface area contributed by atoms with Crippen LogP contribution in [0.5, 0.6) is 0 Å². The van der Waals surface area contributed by atoms with E-state index in [1.165, 1.54) is 5.06 Å². The highest BCUT2D eigenvalue weighted by Crippen LogP contribution is 1.96. The van der Waals surface area contributed by atoms with Crippen molar-refractivity contribution in [3.05, 3.63) is 30.1 Å². The molecule has 4 heteroatoms. The van der Waals surface area contributed by atoms with Crippen LogP contribution in [0.25, 0.3) is 0 Å². The van der Waals surface area contributed by atoms with Crippen LogP contribution in [0.4, 0.5) is 0 Å². The second-order valence-electron chi connectivity index (χ2n) is 2.41. The van der Waals surface area contributed by atoms with Crippen molar-refractivity contribution in [3.8, 4) is 0 Å². The van der Waals surface area contributed by atoms with E-state index in [1.807, 2.05) is 0 Å². The van der Waals surface area contributed by atoms with Gasteiger partial charge in [-0.05, 0) is 12.1 Å². The minimum atomic E-state index is -0.444. The van der Waals surface area contributed by atoms with Gasteiger partial charge in [-0.1, -0.05) is 6.07 Å². The zero-order chi connectivity index (χ0) is 8.97. The van der Waals surface area contributed by atoms with Crippen LogP contribution in [0.3, 0.4) is 0 Å². The van der Waals surface area contributed by atoms with Crippen LogP contribution in [0.15, 0.2) is 24.4 Å². The highest BCUT2D eigenvalue weighted by Gasteiger charge is 2.08. The van der Waals surface area contributed by atoms with E-state index < -0.39 is 5.97 Å². The number of hydroxylamine groups is 2. The van der Waals surface area contributed by atoms with Crippen molar-refractivity contribution >= 4 is 5.97 Å². The molecule has 0 atom stereocenters. The maximum Gasteiger partial charge on any atom is 0.375 e. The zero-order valence-corrected chi connectivity index (χ0v) is 7.02. The fourth-order valence-electron chi connectivity index (χ4n) is 0.696. The molecule has 0 spiro atoms. The summed E-state index contributed by atoms with van der Waals surface area (Å²) < 4.78 is 0. The molecule has 0 aliphatic carbocycles. The summed E-state index contributed by atoms with van der Waals surface area (Å²) in [6, 6.07) is 5.08. The third-order valence-electron chi connectivity index (χ3n) is 1.14. The van der Waals surface area contributed by atoms with E-state index >= 15 is 0 Å². The number of pyridine rings is 1. The number of aromatic nitrogens is 1. The van der Waals surface area contributed by atoms with Crippen LogP contribution in [-0.4, -0.2) is 30.1 Å². The largest absolute Gasteiger partial charge is 0.375 e. The first kappa shape index (κ1) is 8.67. The minimum absolute atomic E-state index is 0.311. The summed E-state index contributed by atoms with van der Waals surface area (Å²) in [6.45, 7) is 0. The van der Waals surface area contributed by atoms with Gasteiger partial charge >= 0.3 is 5.97 Å². The van der Waals surface area contributed by atoms with Gasteiger partial charge in [0, 0.05) is 20.3 Å². The molecule has 0 saturated heterocycles. The Bertz CT molecular complexity index is 259. The molecule has 0 aromatic carbocycles. The Morgan fingerprint density at radius 2 is 2.25 bits per heavy atom. The molecule has 64 valence electrons. The predicted molar refractivity (Wildman–Crippen MR) is 43.3 cm³/mol. The molecule has 12 heavy (non-hydrogen) atoms. The molecule has 0 N–H and O–H groups in total. The molecule has 1 aromatic rings. The summed E-state index contributed by atoms with van der Waals surface area (Å²) >= 11 is 0. The van der Waals surface area contributed by atoms with Crippen molar-refractivity contribution in [3.63, 3.8) is 0 Å². The minimum Gasteiger partial charge on any atom is -0.363 e. The molecule has 0 aliphatic rings. The number of carbonyl (C=O) groups is 1.